The summed E-state index contributed by atoms with van der Waals surface area (Å²) in [7, 11) is 0. The van der Waals surface area contributed by atoms with Crippen LogP contribution in [0.4, 0.5) is 0 Å². The van der Waals surface area contributed by atoms with Crippen LogP contribution in [0.1, 0.15) is 39.5 Å². The maximum Gasteiger partial charge on any atom is 0.0616 e. The second-order valence-corrected chi connectivity index (χ2v) is 5.82. The molecule has 0 bridgehead atoms. The van der Waals surface area contributed by atoms with Crippen LogP contribution < -0.4 is 5.73 Å². The van der Waals surface area contributed by atoms with Crippen molar-refractivity contribution in [2.24, 2.45) is 35.3 Å². The Balaban J connectivity index is 1.93. The molecule has 4 unspecified atom stereocenters. The number of aliphatic hydroxyl groups excluding tert-OH is 1. The first kappa shape index (κ1) is 11.4. The highest BCUT2D eigenvalue weighted by Crippen LogP contribution is 2.58. The molecule has 88 valence electrons. The van der Waals surface area contributed by atoms with Gasteiger partial charge in [0.15, 0.2) is 0 Å². The van der Waals surface area contributed by atoms with Gasteiger partial charge in [-0.15, -0.1) is 0 Å². The zero-order valence-electron chi connectivity index (χ0n) is 10.0. The third-order valence-electron chi connectivity index (χ3n) is 4.68. The van der Waals surface area contributed by atoms with Crippen LogP contribution in [0.5, 0.6) is 0 Å². The number of fused-ring (bicyclic) bond motifs is 1. The third-order valence-corrected chi connectivity index (χ3v) is 4.68. The van der Waals surface area contributed by atoms with Crippen molar-refractivity contribution in [2.75, 3.05) is 6.54 Å². The molecule has 0 aromatic rings. The Bertz CT molecular complexity index is 205. The highest BCUT2D eigenvalue weighted by molar-refractivity contribution is 5.04. The van der Waals surface area contributed by atoms with Crippen LogP contribution in [0.15, 0.2) is 0 Å². The van der Waals surface area contributed by atoms with Crippen LogP contribution in [-0.2, 0) is 0 Å². The highest BCUT2D eigenvalue weighted by Gasteiger charge is 2.55. The Morgan fingerprint density at radius 1 is 1.20 bits per heavy atom. The summed E-state index contributed by atoms with van der Waals surface area (Å²) in [4.78, 5) is 0. The molecule has 2 rings (SSSR count). The Hall–Kier alpha value is -0.0800. The lowest BCUT2D eigenvalue weighted by Crippen LogP contribution is -2.34. The lowest BCUT2D eigenvalue weighted by molar-refractivity contribution is 0.0585. The second-order valence-electron chi connectivity index (χ2n) is 5.82. The summed E-state index contributed by atoms with van der Waals surface area (Å²) >= 11 is 0. The van der Waals surface area contributed by atoms with E-state index in [9.17, 15) is 5.11 Å². The molecule has 0 aromatic carbocycles. The third kappa shape index (κ3) is 2.07. The normalized spacial score (nSPS) is 38.6. The van der Waals surface area contributed by atoms with Gasteiger partial charge in [0.1, 0.15) is 0 Å². The molecule has 2 aliphatic carbocycles. The summed E-state index contributed by atoms with van der Waals surface area (Å²) in [5.74, 6) is 3.07. The summed E-state index contributed by atoms with van der Waals surface area (Å²) in [5, 5.41) is 10.4. The number of hydrogen-bond acceptors (Lipinski definition) is 2. The van der Waals surface area contributed by atoms with E-state index in [1.807, 2.05) is 0 Å². The van der Waals surface area contributed by atoms with Gasteiger partial charge in [-0.25, -0.2) is 0 Å². The highest BCUT2D eigenvalue weighted by atomic mass is 16.3. The van der Waals surface area contributed by atoms with Crippen LogP contribution >= 0.6 is 0 Å². The summed E-state index contributed by atoms with van der Waals surface area (Å²) in [6.45, 7) is 4.98. The van der Waals surface area contributed by atoms with Crippen LogP contribution in [0, 0.1) is 29.6 Å². The Morgan fingerprint density at radius 3 is 2.13 bits per heavy atom. The molecule has 0 saturated heterocycles. The topological polar surface area (TPSA) is 46.2 Å². The molecule has 2 nitrogen and oxygen atoms in total. The lowest BCUT2D eigenvalue weighted by atomic mass is 9.87. The van der Waals surface area contributed by atoms with Crippen molar-refractivity contribution in [2.45, 2.75) is 45.6 Å². The molecule has 0 heterocycles. The number of hydrogen-bond donors (Lipinski definition) is 2. The van der Waals surface area contributed by atoms with Crippen LogP contribution in [-0.4, -0.2) is 17.8 Å². The Labute approximate surface area is 93.2 Å². The molecule has 4 atom stereocenters. The molecule has 0 aliphatic heterocycles. The fraction of sp³-hybridized carbons (Fsp3) is 1.00. The SMILES string of the molecule is CC(C)C(CN)C(O)C1C2CCCCC21. The van der Waals surface area contributed by atoms with E-state index in [1.165, 1.54) is 25.7 Å². The smallest absolute Gasteiger partial charge is 0.0616 e. The first-order valence-corrected chi connectivity index (χ1v) is 6.55. The van der Waals surface area contributed by atoms with Crippen molar-refractivity contribution < 1.29 is 5.11 Å². The van der Waals surface area contributed by atoms with Gasteiger partial charge in [0.2, 0.25) is 0 Å². The van der Waals surface area contributed by atoms with Gasteiger partial charge in [0, 0.05) is 0 Å². The Kier molecular flexibility index (Phi) is 3.36. The van der Waals surface area contributed by atoms with E-state index in [0.29, 0.717) is 24.3 Å². The monoisotopic (exact) mass is 211 g/mol. The maximum atomic E-state index is 10.4. The fourth-order valence-corrected chi connectivity index (χ4v) is 3.65. The van der Waals surface area contributed by atoms with E-state index in [1.54, 1.807) is 0 Å². The summed E-state index contributed by atoms with van der Waals surface area (Å²) in [6.07, 6.45) is 5.31. The number of aliphatic hydroxyl groups is 1. The van der Waals surface area contributed by atoms with Gasteiger partial charge >= 0.3 is 0 Å². The molecule has 0 spiro atoms. The summed E-state index contributed by atoms with van der Waals surface area (Å²) in [5.41, 5.74) is 5.77. The van der Waals surface area contributed by atoms with Crippen LogP contribution in [0.2, 0.25) is 0 Å². The minimum absolute atomic E-state index is 0.136. The Morgan fingerprint density at radius 2 is 1.73 bits per heavy atom. The predicted octanol–water partition coefficient (Wildman–Crippen LogP) is 2.01. The van der Waals surface area contributed by atoms with Crippen molar-refractivity contribution in [1.82, 2.24) is 0 Å². The molecule has 2 saturated carbocycles. The van der Waals surface area contributed by atoms with Crippen molar-refractivity contribution in [3.63, 3.8) is 0 Å². The van der Waals surface area contributed by atoms with E-state index < -0.39 is 0 Å². The van der Waals surface area contributed by atoms with E-state index in [4.69, 9.17) is 5.73 Å². The zero-order valence-corrected chi connectivity index (χ0v) is 10.0. The molecular formula is C13H25NO. The van der Waals surface area contributed by atoms with E-state index in [-0.39, 0.29) is 6.10 Å². The van der Waals surface area contributed by atoms with Gasteiger partial charge in [-0.05, 0) is 49.0 Å². The van der Waals surface area contributed by atoms with E-state index in [0.717, 1.165) is 11.8 Å². The predicted molar refractivity (Wildman–Crippen MR) is 62.3 cm³/mol. The summed E-state index contributed by atoms with van der Waals surface area (Å²) < 4.78 is 0. The molecule has 2 aliphatic rings. The summed E-state index contributed by atoms with van der Waals surface area (Å²) in [6, 6.07) is 0. The van der Waals surface area contributed by atoms with Crippen molar-refractivity contribution >= 4 is 0 Å². The van der Waals surface area contributed by atoms with Gasteiger partial charge in [-0.2, -0.15) is 0 Å². The van der Waals surface area contributed by atoms with Gasteiger partial charge in [0.05, 0.1) is 6.10 Å². The average molecular weight is 211 g/mol. The quantitative estimate of drug-likeness (QED) is 0.747. The maximum absolute atomic E-state index is 10.4. The van der Waals surface area contributed by atoms with Crippen LogP contribution in [0.3, 0.4) is 0 Å². The van der Waals surface area contributed by atoms with Crippen molar-refractivity contribution in [1.29, 1.82) is 0 Å². The van der Waals surface area contributed by atoms with Gasteiger partial charge in [-0.1, -0.05) is 26.7 Å². The molecule has 2 fully saturated rings. The molecule has 3 N–H and O–H groups in total. The molecule has 0 radical (unpaired) electrons. The first-order chi connectivity index (χ1) is 7.16. The lowest BCUT2D eigenvalue weighted by Gasteiger charge is -2.25. The average Bonchev–Trinajstić information content (AvgIpc) is 2.91. The largest absolute Gasteiger partial charge is 0.392 e. The number of nitrogens with two attached hydrogens (primary N) is 1. The first-order valence-electron chi connectivity index (χ1n) is 6.55. The van der Waals surface area contributed by atoms with Crippen LogP contribution in [0.25, 0.3) is 0 Å². The second kappa shape index (κ2) is 4.42. The molecule has 2 heteroatoms. The zero-order chi connectivity index (χ0) is 11.0. The van der Waals surface area contributed by atoms with Gasteiger partial charge in [0.25, 0.3) is 0 Å². The van der Waals surface area contributed by atoms with Crippen molar-refractivity contribution in [3.8, 4) is 0 Å². The minimum atomic E-state index is -0.136. The molecule has 0 amide bonds. The molecular weight excluding hydrogens is 186 g/mol. The fourth-order valence-electron chi connectivity index (χ4n) is 3.65. The van der Waals surface area contributed by atoms with E-state index >= 15 is 0 Å². The number of rotatable bonds is 4. The van der Waals surface area contributed by atoms with Gasteiger partial charge in [-0.3, -0.25) is 0 Å². The van der Waals surface area contributed by atoms with E-state index in [2.05, 4.69) is 13.8 Å². The minimum Gasteiger partial charge on any atom is -0.392 e. The van der Waals surface area contributed by atoms with Gasteiger partial charge < -0.3 is 10.8 Å². The molecule has 15 heavy (non-hydrogen) atoms. The standard InChI is InChI=1S/C13H25NO/c1-8(2)11(7-14)13(15)12-9-5-3-4-6-10(9)12/h8-13,15H,3-7,14H2,1-2H3. The molecule has 0 aromatic heterocycles. The van der Waals surface area contributed by atoms with Crippen molar-refractivity contribution in [3.05, 3.63) is 0 Å².